The second-order valence-corrected chi connectivity index (χ2v) is 4.63. The van der Waals surface area contributed by atoms with Crippen molar-refractivity contribution in [3.05, 3.63) is 36.0 Å². The fourth-order valence-corrected chi connectivity index (χ4v) is 2.19. The van der Waals surface area contributed by atoms with Gasteiger partial charge in [0.1, 0.15) is 6.73 Å². The SMILES string of the molecule is CCOCn1ccc2c(CC(N)CC)cccc21. The first-order valence-electron chi connectivity index (χ1n) is 6.66. The zero-order chi connectivity index (χ0) is 13.0. The van der Waals surface area contributed by atoms with E-state index < -0.39 is 0 Å². The topological polar surface area (TPSA) is 40.2 Å². The molecule has 2 N–H and O–H groups in total. The van der Waals surface area contributed by atoms with Crippen LogP contribution in [0.4, 0.5) is 0 Å². The molecule has 18 heavy (non-hydrogen) atoms. The lowest BCUT2D eigenvalue weighted by Crippen LogP contribution is -2.21. The molecule has 2 rings (SSSR count). The summed E-state index contributed by atoms with van der Waals surface area (Å²) >= 11 is 0. The Bertz CT molecular complexity index is 504. The third-order valence-corrected chi connectivity index (χ3v) is 3.34. The molecular weight excluding hydrogens is 224 g/mol. The Morgan fingerprint density at radius 3 is 2.83 bits per heavy atom. The summed E-state index contributed by atoms with van der Waals surface area (Å²) in [5.74, 6) is 0. The summed E-state index contributed by atoms with van der Waals surface area (Å²) in [6.07, 6.45) is 4.03. The Morgan fingerprint density at radius 1 is 1.28 bits per heavy atom. The Hall–Kier alpha value is -1.32. The van der Waals surface area contributed by atoms with Gasteiger partial charge in [-0.05, 0) is 37.5 Å². The molecule has 0 saturated carbocycles. The van der Waals surface area contributed by atoms with Gasteiger partial charge in [-0.3, -0.25) is 0 Å². The van der Waals surface area contributed by atoms with E-state index in [1.807, 2.05) is 6.92 Å². The Morgan fingerprint density at radius 2 is 2.11 bits per heavy atom. The molecule has 0 amide bonds. The number of nitrogens with two attached hydrogens (primary N) is 1. The van der Waals surface area contributed by atoms with Crippen LogP contribution in [0.3, 0.4) is 0 Å². The first kappa shape index (κ1) is 13.1. The Kier molecular flexibility index (Phi) is 4.39. The van der Waals surface area contributed by atoms with Crippen LogP contribution in [0.25, 0.3) is 10.9 Å². The molecule has 1 aromatic heterocycles. The van der Waals surface area contributed by atoms with Crippen LogP contribution >= 0.6 is 0 Å². The molecule has 1 heterocycles. The van der Waals surface area contributed by atoms with Crippen molar-refractivity contribution in [1.82, 2.24) is 4.57 Å². The normalized spacial score (nSPS) is 13.1. The Labute approximate surface area is 109 Å². The molecule has 3 heteroatoms. The molecule has 98 valence electrons. The Balaban J connectivity index is 2.30. The number of benzene rings is 1. The first-order chi connectivity index (χ1) is 8.76. The van der Waals surface area contributed by atoms with Gasteiger partial charge < -0.3 is 15.0 Å². The third-order valence-electron chi connectivity index (χ3n) is 3.34. The largest absolute Gasteiger partial charge is 0.361 e. The first-order valence-corrected chi connectivity index (χ1v) is 6.66. The smallest absolute Gasteiger partial charge is 0.122 e. The summed E-state index contributed by atoms with van der Waals surface area (Å²) in [6, 6.07) is 8.80. The molecule has 1 aromatic carbocycles. The van der Waals surface area contributed by atoms with Crippen LogP contribution in [0.5, 0.6) is 0 Å². The second-order valence-electron chi connectivity index (χ2n) is 4.63. The van der Waals surface area contributed by atoms with Crippen molar-refractivity contribution >= 4 is 10.9 Å². The predicted molar refractivity (Wildman–Crippen MR) is 75.5 cm³/mol. The van der Waals surface area contributed by atoms with E-state index >= 15 is 0 Å². The summed E-state index contributed by atoms with van der Waals surface area (Å²) in [6.45, 7) is 5.49. The average Bonchev–Trinajstić information content (AvgIpc) is 2.80. The number of aromatic nitrogens is 1. The van der Waals surface area contributed by atoms with Gasteiger partial charge in [0.25, 0.3) is 0 Å². The fourth-order valence-electron chi connectivity index (χ4n) is 2.19. The van der Waals surface area contributed by atoms with Gasteiger partial charge in [0, 0.05) is 24.2 Å². The number of rotatable bonds is 6. The lowest BCUT2D eigenvalue weighted by atomic mass is 10.0. The minimum Gasteiger partial charge on any atom is -0.361 e. The van der Waals surface area contributed by atoms with Crippen LogP contribution in [0.2, 0.25) is 0 Å². The van der Waals surface area contributed by atoms with Crippen molar-refractivity contribution in [2.24, 2.45) is 5.73 Å². The molecule has 0 bridgehead atoms. The predicted octanol–water partition coefficient (Wildman–Crippen LogP) is 2.92. The summed E-state index contributed by atoms with van der Waals surface area (Å²) in [7, 11) is 0. The molecule has 1 atom stereocenters. The summed E-state index contributed by atoms with van der Waals surface area (Å²) in [5, 5.41) is 1.29. The molecule has 0 fully saturated rings. The number of fused-ring (bicyclic) bond motifs is 1. The molecule has 0 saturated heterocycles. The zero-order valence-electron chi connectivity index (χ0n) is 11.2. The molecule has 0 aliphatic heterocycles. The van der Waals surface area contributed by atoms with Crippen molar-refractivity contribution in [3.63, 3.8) is 0 Å². The number of nitrogens with zero attached hydrogens (tertiary/aromatic N) is 1. The van der Waals surface area contributed by atoms with Crippen LogP contribution in [-0.4, -0.2) is 17.2 Å². The van der Waals surface area contributed by atoms with E-state index in [0.29, 0.717) is 6.73 Å². The maximum atomic E-state index is 6.05. The van der Waals surface area contributed by atoms with E-state index in [9.17, 15) is 0 Å². The number of hydrogen-bond donors (Lipinski definition) is 1. The molecule has 0 radical (unpaired) electrons. The van der Waals surface area contributed by atoms with E-state index in [0.717, 1.165) is 19.4 Å². The highest BCUT2D eigenvalue weighted by atomic mass is 16.5. The average molecular weight is 246 g/mol. The van der Waals surface area contributed by atoms with Crippen molar-refractivity contribution in [2.75, 3.05) is 6.61 Å². The van der Waals surface area contributed by atoms with E-state index in [1.165, 1.54) is 16.5 Å². The minimum atomic E-state index is 0.242. The third kappa shape index (κ3) is 2.74. The minimum absolute atomic E-state index is 0.242. The van der Waals surface area contributed by atoms with Crippen molar-refractivity contribution in [3.8, 4) is 0 Å². The molecule has 2 aromatic rings. The number of hydrogen-bond acceptors (Lipinski definition) is 2. The highest BCUT2D eigenvalue weighted by Gasteiger charge is 2.08. The van der Waals surface area contributed by atoms with Crippen LogP contribution < -0.4 is 5.73 Å². The molecule has 3 nitrogen and oxygen atoms in total. The van der Waals surface area contributed by atoms with Gasteiger partial charge in [-0.2, -0.15) is 0 Å². The van der Waals surface area contributed by atoms with Crippen LogP contribution in [0.1, 0.15) is 25.8 Å². The van der Waals surface area contributed by atoms with Crippen LogP contribution in [0.15, 0.2) is 30.5 Å². The summed E-state index contributed by atoms with van der Waals surface area (Å²) in [4.78, 5) is 0. The lowest BCUT2D eigenvalue weighted by Gasteiger charge is -2.10. The van der Waals surface area contributed by atoms with Crippen LogP contribution in [-0.2, 0) is 17.9 Å². The van der Waals surface area contributed by atoms with Gasteiger partial charge >= 0.3 is 0 Å². The van der Waals surface area contributed by atoms with Gasteiger partial charge in [-0.15, -0.1) is 0 Å². The summed E-state index contributed by atoms with van der Waals surface area (Å²) < 4.78 is 7.61. The van der Waals surface area contributed by atoms with Crippen molar-refractivity contribution in [1.29, 1.82) is 0 Å². The van der Waals surface area contributed by atoms with Gasteiger partial charge in [0.2, 0.25) is 0 Å². The van der Waals surface area contributed by atoms with E-state index in [-0.39, 0.29) is 6.04 Å². The second kappa shape index (κ2) is 6.03. The highest BCUT2D eigenvalue weighted by Crippen LogP contribution is 2.21. The van der Waals surface area contributed by atoms with E-state index in [1.54, 1.807) is 0 Å². The van der Waals surface area contributed by atoms with Gasteiger partial charge in [-0.1, -0.05) is 19.1 Å². The van der Waals surface area contributed by atoms with Crippen LogP contribution in [0, 0.1) is 0 Å². The zero-order valence-corrected chi connectivity index (χ0v) is 11.2. The maximum Gasteiger partial charge on any atom is 0.122 e. The van der Waals surface area contributed by atoms with Gasteiger partial charge in [-0.25, -0.2) is 0 Å². The van der Waals surface area contributed by atoms with Gasteiger partial charge in [0.15, 0.2) is 0 Å². The molecule has 0 spiro atoms. The van der Waals surface area contributed by atoms with Crippen molar-refractivity contribution < 1.29 is 4.74 Å². The van der Waals surface area contributed by atoms with E-state index in [4.69, 9.17) is 10.5 Å². The quantitative estimate of drug-likeness (QED) is 0.851. The van der Waals surface area contributed by atoms with Crippen molar-refractivity contribution in [2.45, 2.75) is 39.5 Å². The fraction of sp³-hybridized carbons (Fsp3) is 0.467. The molecule has 0 aliphatic rings. The highest BCUT2D eigenvalue weighted by molar-refractivity contribution is 5.83. The monoisotopic (exact) mass is 246 g/mol. The lowest BCUT2D eigenvalue weighted by molar-refractivity contribution is 0.0909. The van der Waals surface area contributed by atoms with Gasteiger partial charge in [0.05, 0.1) is 5.52 Å². The summed E-state index contributed by atoms with van der Waals surface area (Å²) in [5.41, 5.74) is 8.61. The molecule has 1 unspecified atom stereocenters. The van der Waals surface area contributed by atoms with E-state index in [2.05, 4.69) is 42.0 Å². The molecule has 0 aliphatic carbocycles. The maximum absolute atomic E-state index is 6.05. The number of ether oxygens (including phenoxy) is 1. The molecular formula is C15H22N2O. The standard InChI is InChI=1S/C15H22N2O/c1-3-13(16)10-12-6-5-7-15-14(12)8-9-17(15)11-18-4-2/h5-9,13H,3-4,10-11,16H2,1-2H3.